The first-order valence-corrected chi connectivity index (χ1v) is 12.3. The van der Waals surface area contributed by atoms with Crippen LogP contribution < -0.4 is 9.21 Å². The summed E-state index contributed by atoms with van der Waals surface area (Å²) >= 11 is 0. The summed E-state index contributed by atoms with van der Waals surface area (Å²) in [4.78, 5) is 17.3. The summed E-state index contributed by atoms with van der Waals surface area (Å²) in [6, 6.07) is 10.5. The number of halogens is 1. The van der Waals surface area contributed by atoms with Crippen molar-refractivity contribution in [3.05, 3.63) is 59.4 Å². The number of amides is 1. The third kappa shape index (κ3) is 5.01. The number of carbonyl (C=O) groups excluding carboxylic acids is 1. The number of hydrogen-bond acceptors (Lipinski definition) is 4. The number of piperazine rings is 1. The zero-order valence-corrected chi connectivity index (χ0v) is 19.3. The molecule has 0 N–H and O–H groups in total. The van der Waals surface area contributed by atoms with Crippen molar-refractivity contribution in [3.8, 4) is 0 Å². The Morgan fingerprint density at radius 2 is 1.68 bits per heavy atom. The summed E-state index contributed by atoms with van der Waals surface area (Å²) in [5.74, 6) is -0.683. The maximum atomic E-state index is 13.4. The molecule has 0 aromatic heterocycles. The molecule has 0 unspecified atom stereocenters. The van der Waals surface area contributed by atoms with E-state index in [0.29, 0.717) is 32.6 Å². The Hall–Kier alpha value is -2.61. The van der Waals surface area contributed by atoms with Crippen molar-refractivity contribution in [2.75, 3.05) is 41.6 Å². The van der Waals surface area contributed by atoms with Crippen LogP contribution in [0.3, 0.4) is 0 Å². The predicted octanol–water partition coefficient (Wildman–Crippen LogP) is 3.34. The third-order valence-electron chi connectivity index (χ3n) is 5.90. The highest BCUT2D eigenvalue weighted by Crippen LogP contribution is 2.26. The van der Waals surface area contributed by atoms with Crippen molar-refractivity contribution in [2.24, 2.45) is 0 Å². The number of sulfonamides is 1. The van der Waals surface area contributed by atoms with Crippen LogP contribution in [0.1, 0.15) is 24.5 Å². The lowest BCUT2D eigenvalue weighted by molar-refractivity contribution is -0.132. The smallest absolute Gasteiger partial charge is 0.246 e. The van der Waals surface area contributed by atoms with Crippen molar-refractivity contribution >= 4 is 27.3 Å². The summed E-state index contributed by atoms with van der Waals surface area (Å²) in [6.07, 6.45) is 1.39. The van der Waals surface area contributed by atoms with E-state index in [9.17, 15) is 17.6 Å². The number of nitrogens with zero attached hydrogens (tertiary/aromatic N) is 3. The lowest BCUT2D eigenvalue weighted by atomic mass is 10.1. The van der Waals surface area contributed by atoms with E-state index in [-0.39, 0.29) is 11.6 Å². The Labute approximate surface area is 184 Å². The van der Waals surface area contributed by atoms with Gasteiger partial charge in [0.1, 0.15) is 11.9 Å². The molecule has 1 atom stereocenters. The Morgan fingerprint density at radius 1 is 1.06 bits per heavy atom. The van der Waals surface area contributed by atoms with Gasteiger partial charge in [-0.1, -0.05) is 19.1 Å². The second kappa shape index (κ2) is 9.26. The maximum Gasteiger partial charge on any atom is 0.246 e. The highest BCUT2D eigenvalue weighted by molar-refractivity contribution is 7.92. The molecule has 2 aromatic carbocycles. The van der Waals surface area contributed by atoms with Crippen LogP contribution in [0.5, 0.6) is 0 Å². The molecule has 1 aliphatic heterocycles. The van der Waals surface area contributed by atoms with Gasteiger partial charge in [-0.3, -0.25) is 9.10 Å². The number of aryl methyl sites for hydroxylation is 1. The summed E-state index contributed by atoms with van der Waals surface area (Å²) in [5.41, 5.74) is 3.92. The summed E-state index contributed by atoms with van der Waals surface area (Å²) in [6.45, 7) is 8.37. The normalized spacial score (nSPS) is 15.6. The molecule has 1 heterocycles. The monoisotopic (exact) mass is 447 g/mol. The van der Waals surface area contributed by atoms with Crippen LogP contribution in [0, 0.1) is 19.7 Å². The van der Waals surface area contributed by atoms with Crippen molar-refractivity contribution < 1.29 is 17.6 Å². The van der Waals surface area contributed by atoms with Crippen molar-refractivity contribution in [3.63, 3.8) is 0 Å². The topological polar surface area (TPSA) is 60.9 Å². The number of hydrogen-bond donors (Lipinski definition) is 0. The molecule has 0 aliphatic carbocycles. The van der Waals surface area contributed by atoms with E-state index in [0.717, 1.165) is 10.6 Å². The molecule has 0 saturated carbocycles. The SMILES string of the molecule is CC[C@@H](C(=O)N1CCN(c2cccc(C)c2C)CC1)N(c1ccc(F)cc1)S(C)(=O)=O. The molecule has 6 nitrogen and oxygen atoms in total. The van der Waals surface area contributed by atoms with Gasteiger partial charge in [-0.25, -0.2) is 12.8 Å². The number of anilines is 2. The first-order chi connectivity index (χ1) is 14.6. The Balaban J connectivity index is 1.78. The predicted molar refractivity (Wildman–Crippen MR) is 123 cm³/mol. The quantitative estimate of drug-likeness (QED) is 0.682. The largest absolute Gasteiger partial charge is 0.368 e. The fourth-order valence-electron chi connectivity index (χ4n) is 4.09. The van der Waals surface area contributed by atoms with E-state index < -0.39 is 21.9 Å². The highest BCUT2D eigenvalue weighted by atomic mass is 32.2. The second-order valence-electron chi connectivity index (χ2n) is 7.99. The molecular weight excluding hydrogens is 417 g/mol. The van der Waals surface area contributed by atoms with E-state index in [1.54, 1.807) is 11.8 Å². The van der Waals surface area contributed by atoms with E-state index in [1.165, 1.54) is 41.1 Å². The molecule has 0 radical (unpaired) electrons. The Kier molecular flexibility index (Phi) is 6.89. The van der Waals surface area contributed by atoms with Gasteiger partial charge in [-0.2, -0.15) is 0 Å². The molecule has 1 amide bonds. The van der Waals surface area contributed by atoms with Crippen LogP contribution in [-0.2, 0) is 14.8 Å². The van der Waals surface area contributed by atoms with Gasteiger partial charge in [0.2, 0.25) is 15.9 Å². The molecule has 0 spiro atoms. The van der Waals surface area contributed by atoms with Gasteiger partial charge in [0.15, 0.2) is 0 Å². The van der Waals surface area contributed by atoms with Gasteiger partial charge in [-0.05, 0) is 61.7 Å². The molecule has 2 aromatic rings. The fraction of sp³-hybridized carbons (Fsp3) is 0.435. The third-order valence-corrected chi connectivity index (χ3v) is 7.08. The first-order valence-electron chi connectivity index (χ1n) is 10.5. The average Bonchev–Trinajstić information content (AvgIpc) is 2.74. The van der Waals surface area contributed by atoms with Gasteiger partial charge in [0.25, 0.3) is 0 Å². The molecule has 3 rings (SSSR count). The fourth-order valence-corrected chi connectivity index (χ4v) is 5.29. The van der Waals surface area contributed by atoms with E-state index in [2.05, 4.69) is 30.9 Å². The molecule has 8 heteroatoms. The van der Waals surface area contributed by atoms with Gasteiger partial charge in [0.05, 0.1) is 11.9 Å². The van der Waals surface area contributed by atoms with Crippen LogP contribution >= 0.6 is 0 Å². The van der Waals surface area contributed by atoms with E-state index >= 15 is 0 Å². The molecule has 1 fully saturated rings. The van der Waals surface area contributed by atoms with Crippen LogP contribution in [0.2, 0.25) is 0 Å². The lowest BCUT2D eigenvalue weighted by Gasteiger charge is -2.40. The highest BCUT2D eigenvalue weighted by Gasteiger charge is 2.35. The number of carbonyl (C=O) groups is 1. The molecular formula is C23H30FN3O3S. The van der Waals surface area contributed by atoms with Gasteiger partial charge < -0.3 is 9.80 Å². The molecule has 1 saturated heterocycles. The Morgan fingerprint density at radius 3 is 2.23 bits per heavy atom. The summed E-state index contributed by atoms with van der Waals surface area (Å²) in [7, 11) is -3.74. The van der Waals surface area contributed by atoms with Crippen molar-refractivity contribution in [1.29, 1.82) is 0 Å². The number of benzene rings is 2. The molecule has 168 valence electrons. The van der Waals surface area contributed by atoms with Gasteiger partial charge in [-0.15, -0.1) is 0 Å². The second-order valence-corrected chi connectivity index (χ2v) is 9.85. The van der Waals surface area contributed by atoms with E-state index in [1.807, 2.05) is 6.07 Å². The average molecular weight is 448 g/mol. The Bertz CT molecular complexity index is 1030. The van der Waals surface area contributed by atoms with Crippen LogP contribution in [0.15, 0.2) is 42.5 Å². The van der Waals surface area contributed by atoms with Crippen LogP contribution in [0.4, 0.5) is 15.8 Å². The van der Waals surface area contributed by atoms with Crippen LogP contribution in [0.25, 0.3) is 0 Å². The minimum Gasteiger partial charge on any atom is -0.368 e. The van der Waals surface area contributed by atoms with Crippen LogP contribution in [-0.4, -0.2) is 57.7 Å². The lowest BCUT2D eigenvalue weighted by Crippen LogP contribution is -2.56. The minimum absolute atomic E-state index is 0.224. The summed E-state index contributed by atoms with van der Waals surface area (Å²) < 4.78 is 39.6. The molecule has 0 bridgehead atoms. The molecule has 1 aliphatic rings. The molecule has 31 heavy (non-hydrogen) atoms. The standard InChI is InChI=1S/C23H30FN3O3S/c1-5-21(27(31(4,29)30)20-11-9-19(24)10-12-20)23(28)26-15-13-25(14-16-26)22-8-6-7-17(2)18(22)3/h6-12,21H,5,13-16H2,1-4H3/t21-/m0/s1. The van der Waals surface area contributed by atoms with Crippen molar-refractivity contribution in [2.45, 2.75) is 33.2 Å². The summed E-state index contributed by atoms with van der Waals surface area (Å²) in [5, 5.41) is 0. The zero-order valence-electron chi connectivity index (χ0n) is 18.5. The zero-order chi connectivity index (χ0) is 22.8. The maximum absolute atomic E-state index is 13.4. The van der Waals surface area contributed by atoms with E-state index in [4.69, 9.17) is 0 Å². The minimum atomic E-state index is -3.74. The van der Waals surface area contributed by atoms with Crippen molar-refractivity contribution in [1.82, 2.24) is 4.90 Å². The van der Waals surface area contributed by atoms with Gasteiger partial charge >= 0.3 is 0 Å². The van der Waals surface area contributed by atoms with Gasteiger partial charge in [0, 0.05) is 31.9 Å². The first kappa shape index (κ1) is 23.1. The number of rotatable bonds is 6.